The highest BCUT2D eigenvalue weighted by Crippen LogP contribution is 2.24. The Labute approximate surface area is 105 Å². The van der Waals surface area contributed by atoms with Crippen molar-refractivity contribution in [2.24, 2.45) is 0 Å². The molecule has 1 unspecified atom stereocenters. The Kier molecular flexibility index (Phi) is 2.47. The number of hydrogen-bond acceptors (Lipinski definition) is 3. The van der Waals surface area contributed by atoms with Gasteiger partial charge in [-0.2, -0.15) is 0 Å². The molecule has 1 aromatic heterocycles. The van der Waals surface area contributed by atoms with Crippen molar-refractivity contribution in [2.75, 3.05) is 5.73 Å². The molecule has 3 N–H and O–H groups in total. The van der Waals surface area contributed by atoms with Crippen molar-refractivity contribution >= 4 is 22.9 Å². The lowest BCUT2D eigenvalue weighted by Gasteiger charge is -2.15. The molecule has 94 valence electrons. The third-order valence-corrected chi connectivity index (χ3v) is 3.31. The lowest BCUT2D eigenvalue weighted by molar-refractivity contribution is -0.123. The molecule has 0 saturated heterocycles. The summed E-state index contributed by atoms with van der Waals surface area (Å²) in [6, 6.07) is 7.68. The summed E-state index contributed by atoms with van der Waals surface area (Å²) in [4.78, 5) is 16.3. The highest BCUT2D eigenvalue weighted by atomic mass is 16.2. The van der Waals surface area contributed by atoms with Crippen LogP contribution in [0.25, 0.3) is 11.0 Å². The van der Waals surface area contributed by atoms with Gasteiger partial charge < -0.3 is 11.1 Å². The van der Waals surface area contributed by atoms with Crippen molar-refractivity contribution in [2.45, 2.75) is 31.8 Å². The minimum atomic E-state index is -0.335. The molecule has 2 aromatic rings. The molecule has 5 heteroatoms. The number of nitrogens with zero attached hydrogens (tertiary/aromatic N) is 2. The highest BCUT2D eigenvalue weighted by molar-refractivity contribution is 5.85. The number of para-hydroxylation sites is 2. The van der Waals surface area contributed by atoms with E-state index in [0.717, 1.165) is 23.9 Å². The fourth-order valence-corrected chi connectivity index (χ4v) is 2.14. The summed E-state index contributed by atoms with van der Waals surface area (Å²) in [5.74, 6) is 0.391. The maximum atomic E-state index is 12.1. The fourth-order valence-electron chi connectivity index (χ4n) is 2.14. The largest absolute Gasteiger partial charge is 0.369 e. The molecule has 3 rings (SSSR count). The molecule has 0 bridgehead atoms. The van der Waals surface area contributed by atoms with Crippen molar-refractivity contribution in [3.63, 3.8) is 0 Å². The van der Waals surface area contributed by atoms with Gasteiger partial charge >= 0.3 is 0 Å². The van der Waals surface area contributed by atoms with Gasteiger partial charge in [-0.3, -0.25) is 9.36 Å². The molecule has 0 radical (unpaired) electrons. The second-order valence-electron chi connectivity index (χ2n) is 4.79. The number of anilines is 1. The summed E-state index contributed by atoms with van der Waals surface area (Å²) in [6.07, 6.45) is 2.16. The van der Waals surface area contributed by atoms with Gasteiger partial charge in [-0.05, 0) is 31.9 Å². The number of aromatic nitrogens is 2. The first-order valence-corrected chi connectivity index (χ1v) is 6.19. The quantitative estimate of drug-likeness (QED) is 0.858. The average molecular weight is 244 g/mol. The standard InChI is InChI=1S/C13H16N4O/c1-8(12(18)15-9-6-7-9)17-11-5-3-2-4-10(11)16-13(17)14/h2-5,8-9H,6-7H2,1H3,(H2,14,16)(H,15,18). The number of nitrogens with one attached hydrogen (secondary N) is 1. The molecular weight excluding hydrogens is 228 g/mol. The van der Waals surface area contributed by atoms with Crippen molar-refractivity contribution in [3.05, 3.63) is 24.3 Å². The SMILES string of the molecule is CC(C(=O)NC1CC1)n1c(N)nc2ccccc21. The Balaban J connectivity index is 1.96. The van der Waals surface area contributed by atoms with Crippen LogP contribution in [-0.2, 0) is 4.79 Å². The first-order valence-electron chi connectivity index (χ1n) is 6.19. The highest BCUT2D eigenvalue weighted by Gasteiger charge is 2.27. The molecule has 1 amide bonds. The lowest BCUT2D eigenvalue weighted by Crippen LogP contribution is -2.32. The van der Waals surface area contributed by atoms with E-state index in [9.17, 15) is 4.79 Å². The summed E-state index contributed by atoms with van der Waals surface area (Å²) >= 11 is 0. The number of imidazole rings is 1. The van der Waals surface area contributed by atoms with Crippen molar-refractivity contribution in [3.8, 4) is 0 Å². The van der Waals surface area contributed by atoms with E-state index in [2.05, 4.69) is 10.3 Å². The zero-order valence-corrected chi connectivity index (χ0v) is 10.3. The maximum absolute atomic E-state index is 12.1. The van der Waals surface area contributed by atoms with Crippen molar-refractivity contribution in [1.82, 2.24) is 14.9 Å². The number of rotatable bonds is 3. The molecule has 1 heterocycles. The summed E-state index contributed by atoms with van der Waals surface area (Å²) in [6.45, 7) is 1.85. The Morgan fingerprint density at radius 1 is 1.50 bits per heavy atom. The van der Waals surface area contributed by atoms with Crippen LogP contribution in [0.4, 0.5) is 5.95 Å². The summed E-state index contributed by atoms with van der Waals surface area (Å²) in [7, 11) is 0. The van der Waals surface area contributed by atoms with Gasteiger partial charge in [-0.15, -0.1) is 0 Å². The van der Waals surface area contributed by atoms with E-state index < -0.39 is 0 Å². The topological polar surface area (TPSA) is 72.9 Å². The molecule has 1 saturated carbocycles. The number of nitrogens with two attached hydrogens (primary N) is 1. The molecule has 1 aromatic carbocycles. The maximum Gasteiger partial charge on any atom is 0.243 e. The molecular formula is C13H16N4O. The van der Waals surface area contributed by atoms with Gasteiger partial charge in [0.25, 0.3) is 0 Å². The number of carbonyl (C=O) groups excluding carboxylic acids is 1. The van der Waals surface area contributed by atoms with Gasteiger partial charge in [0.1, 0.15) is 6.04 Å². The molecule has 0 spiro atoms. The average Bonchev–Trinajstić information content (AvgIpc) is 3.09. The van der Waals surface area contributed by atoms with Crippen LogP contribution in [0, 0.1) is 0 Å². The molecule has 18 heavy (non-hydrogen) atoms. The zero-order valence-electron chi connectivity index (χ0n) is 10.3. The summed E-state index contributed by atoms with van der Waals surface area (Å²) < 4.78 is 1.78. The number of fused-ring (bicyclic) bond motifs is 1. The van der Waals surface area contributed by atoms with E-state index in [4.69, 9.17) is 5.73 Å². The molecule has 5 nitrogen and oxygen atoms in total. The van der Waals surface area contributed by atoms with Crippen LogP contribution in [0.1, 0.15) is 25.8 Å². The van der Waals surface area contributed by atoms with E-state index in [1.807, 2.05) is 31.2 Å². The van der Waals surface area contributed by atoms with Crippen LogP contribution >= 0.6 is 0 Å². The third kappa shape index (κ3) is 1.81. The Hall–Kier alpha value is -2.04. The van der Waals surface area contributed by atoms with E-state index >= 15 is 0 Å². The van der Waals surface area contributed by atoms with Crippen molar-refractivity contribution in [1.29, 1.82) is 0 Å². The Morgan fingerprint density at radius 3 is 2.94 bits per heavy atom. The predicted octanol–water partition coefficient (Wildman–Crippen LogP) is 1.46. The number of carbonyl (C=O) groups is 1. The second-order valence-corrected chi connectivity index (χ2v) is 4.79. The van der Waals surface area contributed by atoms with Gasteiger partial charge in [0, 0.05) is 6.04 Å². The van der Waals surface area contributed by atoms with Crippen LogP contribution in [-0.4, -0.2) is 21.5 Å². The zero-order chi connectivity index (χ0) is 12.7. The fraction of sp³-hybridized carbons (Fsp3) is 0.385. The van der Waals surface area contributed by atoms with E-state index in [1.165, 1.54) is 0 Å². The monoisotopic (exact) mass is 244 g/mol. The molecule has 1 aliphatic rings. The van der Waals surface area contributed by atoms with Crippen LogP contribution in [0.2, 0.25) is 0 Å². The summed E-state index contributed by atoms with van der Waals surface area (Å²) in [5, 5.41) is 2.99. The first-order chi connectivity index (χ1) is 8.66. The van der Waals surface area contributed by atoms with Gasteiger partial charge in [0.15, 0.2) is 0 Å². The number of nitrogen functional groups attached to an aromatic ring is 1. The van der Waals surface area contributed by atoms with Crippen LogP contribution in [0.15, 0.2) is 24.3 Å². The van der Waals surface area contributed by atoms with Gasteiger partial charge in [-0.25, -0.2) is 4.98 Å². The summed E-state index contributed by atoms with van der Waals surface area (Å²) in [5.41, 5.74) is 7.63. The molecule has 0 aliphatic heterocycles. The molecule has 1 aliphatic carbocycles. The number of amides is 1. The van der Waals surface area contributed by atoms with Crippen LogP contribution in [0.5, 0.6) is 0 Å². The molecule has 1 fully saturated rings. The second kappa shape index (κ2) is 4.01. The first kappa shape index (κ1) is 11.1. The minimum Gasteiger partial charge on any atom is -0.369 e. The van der Waals surface area contributed by atoms with Crippen molar-refractivity contribution < 1.29 is 4.79 Å². The number of hydrogen-bond donors (Lipinski definition) is 2. The molecule has 1 atom stereocenters. The third-order valence-electron chi connectivity index (χ3n) is 3.31. The predicted molar refractivity (Wildman–Crippen MR) is 70.0 cm³/mol. The Morgan fingerprint density at radius 2 is 2.22 bits per heavy atom. The van der Waals surface area contributed by atoms with E-state index in [-0.39, 0.29) is 11.9 Å². The normalized spacial score (nSPS) is 16.7. The van der Waals surface area contributed by atoms with Crippen LogP contribution in [0.3, 0.4) is 0 Å². The van der Waals surface area contributed by atoms with Crippen LogP contribution < -0.4 is 11.1 Å². The lowest BCUT2D eigenvalue weighted by atomic mass is 10.2. The van der Waals surface area contributed by atoms with E-state index in [0.29, 0.717) is 12.0 Å². The minimum absolute atomic E-state index is 0.00681. The van der Waals surface area contributed by atoms with E-state index in [1.54, 1.807) is 4.57 Å². The Bertz CT molecular complexity index is 600. The van der Waals surface area contributed by atoms with Gasteiger partial charge in [0.05, 0.1) is 11.0 Å². The van der Waals surface area contributed by atoms with Gasteiger partial charge in [0.2, 0.25) is 11.9 Å². The van der Waals surface area contributed by atoms with Gasteiger partial charge in [-0.1, -0.05) is 12.1 Å². The smallest absolute Gasteiger partial charge is 0.243 e. The number of benzene rings is 1.